The summed E-state index contributed by atoms with van der Waals surface area (Å²) in [6, 6.07) is 7.08. The fourth-order valence-electron chi connectivity index (χ4n) is 2.04. The van der Waals surface area contributed by atoms with Crippen molar-refractivity contribution < 1.29 is 24.2 Å². The lowest BCUT2D eigenvalue weighted by Gasteiger charge is -2.20. The van der Waals surface area contributed by atoms with Crippen molar-refractivity contribution in [1.82, 2.24) is 5.32 Å². The maximum absolute atomic E-state index is 11.6. The third-order valence-corrected chi connectivity index (χ3v) is 3.17. The minimum atomic E-state index is -0.732. The Hall–Kier alpha value is -2.28. The Morgan fingerprint density at radius 2 is 2.04 bits per heavy atom. The number of amides is 2. The van der Waals surface area contributed by atoms with E-state index in [1.54, 1.807) is 45.0 Å². The van der Waals surface area contributed by atoms with Crippen LogP contribution in [0.2, 0.25) is 0 Å². The largest absolute Gasteiger partial charge is 0.494 e. The highest BCUT2D eigenvalue weighted by Crippen LogP contribution is 2.21. The number of primary amides is 1. The molecule has 0 heterocycles. The molecule has 25 heavy (non-hydrogen) atoms. The molecule has 7 nitrogen and oxygen atoms in total. The van der Waals surface area contributed by atoms with Gasteiger partial charge in [0.05, 0.1) is 12.7 Å². The average molecular weight is 352 g/mol. The molecule has 0 radical (unpaired) electrons. The van der Waals surface area contributed by atoms with Gasteiger partial charge < -0.3 is 25.6 Å². The Bertz CT molecular complexity index is 569. The molecule has 0 bridgehead atoms. The first-order valence-corrected chi connectivity index (χ1v) is 8.33. The number of nitrogens with one attached hydrogen (secondary N) is 1. The number of benzene rings is 1. The summed E-state index contributed by atoms with van der Waals surface area (Å²) in [5.41, 5.74) is 5.21. The number of hydrogen-bond acceptors (Lipinski definition) is 5. The van der Waals surface area contributed by atoms with E-state index in [2.05, 4.69) is 5.32 Å². The van der Waals surface area contributed by atoms with E-state index < -0.39 is 17.8 Å². The zero-order valence-electron chi connectivity index (χ0n) is 15.1. The van der Waals surface area contributed by atoms with Gasteiger partial charge in [0.15, 0.2) is 0 Å². The minimum absolute atomic E-state index is 0.276. The number of aliphatic hydroxyl groups excluding tert-OH is 1. The molecule has 0 spiro atoms. The zero-order valence-corrected chi connectivity index (χ0v) is 15.1. The number of aliphatic hydroxyl groups is 1. The predicted molar refractivity (Wildman–Crippen MR) is 94.2 cm³/mol. The second kappa shape index (κ2) is 9.88. The van der Waals surface area contributed by atoms with Crippen LogP contribution in [0.15, 0.2) is 24.3 Å². The van der Waals surface area contributed by atoms with Gasteiger partial charge in [-0.25, -0.2) is 4.79 Å². The van der Waals surface area contributed by atoms with E-state index in [1.807, 2.05) is 0 Å². The number of rotatable bonds is 9. The Balaban J connectivity index is 2.40. The van der Waals surface area contributed by atoms with E-state index in [4.69, 9.17) is 15.2 Å². The van der Waals surface area contributed by atoms with Gasteiger partial charge in [0.2, 0.25) is 5.91 Å². The van der Waals surface area contributed by atoms with Crippen molar-refractivity contribution in [2.45, 2.75) is 51.7 Å². The summed E-state index contributed by atoms with van der Waals surface area (Å²) in [4.78, 5) is 22.2. The average Bonchev–Trinajstić information content (AvgIpc) is 2.50. The Kier molecular flexibility index (Phi) is 8.21. The zero-order chi connectivity index (χ0) is 18.9. The molecule has 4 N–H and O–H groups in total. The SMILES string of the molecule is CC(C)(C)OC(=O)NCCC(O)c1cccc(OCCCC(N)=O)c1. The molecule has 140 valence electrons. The van der Waals surface area contributed by atoms with Crippen molar-refractivity contribution in [1.29, 1.82) is 0 Å². The van der Waals surface area contributed by atoms with Crippen LogP contribution in [0.25, 0.3) is 0 Å². The number of hydrogen-bond donors (Lipinski definition) is 3. The van der Waals surface area contributed by atoms with Crippen LogP contribution in [-0.2, 0) is 9.53 Å². The van der Waals surface area contributed by atoms with Crippen LogP contribution in [0, 0.1) is 0 Å². The lowest BCUT2D eigenvalue weighted by Crippen LogP contribution is -2.33. The first kappa shape index (κ1) is 20.8. The van der Waals surface area contributed by atoms with Gasteiger partial charge in [-0.1, -0.05) is 12.1 Å². The van der Waals surface area contributed by atoms with Gasteiger partial charge >= 0.3 is 6.09 Å². The van der Waals surface area contributed by atoms with Gasteiger partial charge in [0.1, 0.15) is 11.4 Å². The predicted octanol–water partition coefficient (Wildman–Crippen LogP) is 2.28. The number of alkyl carbamates (subject to hydrolysis) is 1. The molecule has 0 fully saturated rings. The molecular weight excluding hydrogens is 324 g/mol. The number of carbonyl (C=O) groups is 2. The molecule has 0 aliphatic carbocycles. The third-order valence-electron chi connectivity index (χ3n) is 3.17. The van der Waals surface area contributed by atoms with Gasteiger partial charge in [-0.05, 0) is 51.3 Å². The van der Waals surface area contributed by atoms with Crippen LogP contribution in [0.4, 0.5) is 4.79 Å². The smallest absolute Gasteiger partial charge is 0.407 e. The molecule has 0 aliphatic rings. The lowest BCUT2D eigenvalue weighted by molar-refractivity contribution is -0.118. The molecule has 0 aromatic heterocycles. The summed E-state index contributed by atoms with van der Waals surface area (Å²) in [6.07, 6.45) is -0.0689. The fourth-order valence-corrected chi connectivity index (χ4v) is 2.04. The number of nitrogens with two attached hydrogens (primary N) is 1. The van der Waals surface area contributed by atoms with Crippen LogP contribution < -0.4 is 15.8 Å². The van der Waals surface area contributed by atoms with Crippen LogP contribution >= 0.6 is 0 Å². The van der Waals surface area contributed by atoms with Crippen LogP contribution in [-0.4, -0.2) is 35.9 Å². The van der Waals surface area contributed by atoms with E-state index in [9.17, 15) is 14.7 Å². The molecule has 0 saturated carbocycles. The fraction of sp³-hybridized carbons (Fsp3) is 0.556. The molecule has 1 aromatic carbocycles. The molecule has 1 aromatic rings. The molecule has 7 heteroatoms. The summed E-state index contributed by atoms with van der Waals surface area (Å²) >= 11 is 0. The van der Waals surface area contributed by atoms with Crippen LogP contribution in [0.1, 0.15) is 51.7 Å². The third kappa shape index (κ3) is 9.56. The highest BCUT2D eigenvalue weighted by Gasteiger charge is 2.16. The summed E-state index contributed by atoms with van der Waals surface area (Å²) in [7, 11) is 0. The summed E-state index contributed by atoms with van der Waals surface area (Å²) in [5.74, 6) is 0.256. The van der Waals surface area contributed by atoms with E-state index >= 15 is 0 Å². The van der Waals surface area contributed by atoms with Crippen LogP contribution in [0.5, 0.6) is 5.75 Å². The molecule has 0 saturated heterocycles. The lowest BCUT2D eigenvalue weighted by atomic mass is 10.1. The van der Waals surface area contributed by atoms with Gasteiger partial charge in [0, 0.05) is 13.0 Å². The van der Waals surface area contributed by atoms with Crippen molar-refractivity contribution in [3.63, 3.8) is 0 Å². The summed E-state index contributed by atoms with van der Waals surface area (Å²) in [5, 5.41) is 12.8. The Morgan fingerprint density at radius 1 is 1.32 bits per heavy atom. The van der Waals surface area contributed by atoms with E-state index in [1.165, 1.54) is 0 Å². The molecule has 0 aliphatic heterocycles. The number of carbonyl (C=O) groups excluding carboxylic acids is 2. The van der Waals surface area contributed by atoms with E-state index in [0.29, 0.717) is 37.3 Å². The van der Waals surface area contributed by atoms with E-state index in [0.717, 1.165) is 0 Å². The highest BCUT2D eigenvalue weighted by molar-refractivity contribution is 5.73. The van der Waals surface area contributed by atoms with Crippen molar-refractivity contribution in [2.24, 2.45) is 5.73 Å². The first-order valence-electron chi connectivity index (χ1n) is 8.33. The molecular formula is C18H28N2O5. The highest BCUT2D eigenvalue weighted by atomic mass is 16.6. The summed E-state index contributed by atoms with van der Waals surface area (Å²) in [6.45, 7) is 6.03. The number of ether oxygens (including phenoxy) is 2. The van der Waals surface area contributed by atoms with Crippen molar-refractivity contribution >= 4 is 12.0 Å². The topological polar surface area (TPSA) is 111 Å². The first-order chi connectivity index (χ1) is 11.7. The monoisotopic (exact) mass is 352 g/mol. The Labute approximate surface area is 148 Å². The van der Waals surface area contributed by atoms with Crippen LogP contribution in [0.3, 0.4) is 0 Å². The molecule has 1 atom stereocenters. The molecule has 1 rings (SSSR count). The van der Waals surface area contributed by atoms with Crippen molar-refractivity contribution in [3.05, 3.63) is 29.8 Å². The van der Waals surface area contributed by atoms with Gasteiger partial charge in [0.25, 0.3) is 0 Å². The Morgan fingerprint density at radius 3 is 2.68 bits per heavy atom. The second-order valence-electron chi connectivity index (χ2n) is 6.72. The maximum Gasteiger partial charge on any atom is 0.407 e. The maximum atomic E-state index is 11.6. The van der Waals surface area contributed by atoms with Crippen molar-refractivity contribution in [3.8, 4) is 5.75 Å². The molecule has 2 amide bonds. The van der Waals surface area contributed by atoms with Gasteiger partial charge in [-0.3, -0.25) is 4.79 Å². The minimum Gasteiger partial charge on any atom is -0.494 e. The quantitative estimate of drug-likeness (QED) is 0.591. The van der Waals surface area contributed by atoms with Gasteiger partial charge in [-0.2, -0.15) is 0 Å². The summed E-state index contributed by atoms with van der Waals surface area (Å²) < 4.78 is 10.7. The second-order valence-corrected chi connectivity index (χ2v) is 6.72. The normalized spacial score (nSPS) is 12.3. The molecule has 1 unspecified atom stereocenters. The van der Waals surface area contributed by atoms with Crippen molar-refractivity contribution in [2.75, 3.05) is 13.2 Å². The standard InChI is InChI=1S/C18H28N2O5/c1-18(2,3)25-17(23)20-10-9-15(21)13-6-4-7-14(12-13)24-11-5-8-16(19)22/h4,6-7,12,15,21H,5,8-11H2,1-3H3,(H2,19,22)(H,20,23). The van der Waals surface area contributed by atoms with Gasteiger partial charge in [-0.15, -0.1) is 0 Å². The van der Waals surface area contributed by atoms with E-state index in [-0.39, 0.29) is 12.3 Å².